The summed E-state index contributed by atoms with van der Waals surface area (Å²) in [5.41, 5.74) is 0.931. The predicted octanol–water partition coefficient (Wildman–Crippen LogP) is 0.422. The van der Waals surface area contributed by atoms with E-state index in [1.165, 1.54) is 0 Å². The first-order chi connectivity index (χ1) is 9.81. The van der Waals surface area contributed by atoms with Gasteiger partial charge in [-0.15, -0.1) is 0 Å². The monoisotopic (exact) mass is 278 g/mol. The lowest BCUT2D eigenvalue weighted by Gasteiger charge is -2.20. The molecule has 1 aliphatic rings. The fraction of sp³-hybridized carbons (Fsp3) is 0.533. The number of para-hydroxylation sites is 1. The molecule has 5 nitrogen and oxygen atoms in total. The molecule has 2 rings (SSSR count). The van der Waals surface area contributed by atoms with Gasteiger partial charge in [0, 0.05) is 26.2 Å². The van der Waals surface area contributed by atoms with Crippen LogP contribution in [0.2, 0.25) is 0 Å². The van der Waals surface area contributed by atoms with Crippen molar-refractivity contribution in [3.05, 3.63) is 29.8 Å². The van der Waals surface area contributed by atoms with Crippen LogP contribution in [0, 0.1) is 0 Å². The molecule has 5 heteroatoms. The quantitative estimate of drug-likeness (QED) is 0.819. The summed E-state index contributed by atoms with van der Waals surface area (Å²) in [6.07, 6.45) is 1.52. The van der Waals surface area contributed by atoms with Gasteiger partial charge >= 0.3 is 0 Å². The van der Waals surface area contributed by atoms with Gasteiger partial charge in [-0.1, -0.05) is 18.2 Å². The molecule has 0 aromatic heterocycles. The Bertz CT molecular complexity index is 429. The van der Waals surface area contributed by atoms with E-state index in [0.29, 0.717) is 12.2 Å². The molecule has 1 fully saturated rings. The summed E-state index contributed by atoms with van der Waals surface area (Å²) in [5, 5.41) is 12.3. The van der Waals surface area contributed by atoms with Gasteiger partial charge in [-0.2, -0.15) is 0 Å². The number of hydrogen-bond acceptors (Lipinski definition) is 4. The van der Waals surface area contributed by atoms with Crippen LogP contribution >= 0.6 is 0 Å². The third-order valence-corrected chi connectivity index (χ3v) is 3.40. The molecular weight excluding hydrogens is 256 g/mol. The molecule has 0 atom stereocenters. The van der Waals surface area contributed by atoms with Crippen LogP contribution in [0.15, 0.2) is 24.3 Å². The fourth-order valence-electron chi connectivity index (χ4n) is 2.30. The lowest BCUT2D eigenvalue weighted by atomic mass is 10.1. The smallest absolute Gasteiger partial charge is 0.260 e. The minimum atomic E-state index is 0.0208. The number of aliphatic hydroxyl groups is 1. The Kier molecular flexibility index (Phi) is 5.83. The predicted molar refractivity (Wildman–Crippen MR) is 76.8 cm³/mol. The van der Waals surface area contributed by atoms with Crippen LogP contribution < -0.4 is 10.1 Å². The van der Waals surface area contributed by atoms with Crippen molar-refractivity contribution in [1.29, 1.82) is 0 Å². The van der Waals surface area contributed by atoms with E-state index >= 15 is 0 Å². The molecule has 0 bridgehead atoms. The second-order valence-corrected chi connectivity index (χ2v) is 4.85. The second kappa shape index (κ2) is 7.87. The van der Waals surface area contributed by atoms with Gasteiger partial charge in [0.1, 0.15) is 5.75 Å². The number of nitrogens with one attached hydrogen (secondary N) is 1. The van der Waals surface area contributed by atoms with Crippen molar-refractivity contribution >= 4 is 5.91 Å². The van der Waals surface area contributed by atoms with Crippen molar-refractivity contribution in [1.82, 2.24) is 10.2 Å². The first-order valence-electron chi connectivity index (χ1n) is 7.11. The van der Waals surface area contributed by atoms with Gasteiger partial charge in [0.15, 0.2) is 6.61 Å². The van der Waals surface area contributed by atoms with Gasteiger partial charge in [-0.05, 0) is 31.0 Å². The van der Waals surface area contributed by atoms with Crippen molar-refractivity contribution in [3.8, 4) is 5.75 Å². The maximum Gasteiger partial charge on any atom is 0.260 e. The number of nitrogens with zero attached hydrogens (tertiary/aromatic N) is 1. The summed E-state index contributed by atoms with van der Waals surface area (Å²) < 4.78 is 5.62. The van der Waals surface area contributed by atoms with E-state index in [0.717, 1.165) is 38.2 Å². The van der Waals surface area contributed by atoms with Crippen LogP contribution in [-0.4, -0.2) is 55.3 Å². The van der Waals surface area contributed by atoms with Gasteiger partial charge in [-0.25, -0.2) is 0 Å². The zero-order chi connectivity index (χ0) is 14.2. The molecule has 2 N–H and O–H groups in total. The molecule has 0 unspecified atom stereocenters. The average molecular weight is 278 g/mol. The summed E-state index contributed by atoms with van der Waals surface area (Å²) in [7, 11) is 0. The summed E-state index contributed by atoms with van der Waals surface area (Å²) >= 11 is 0. The van der Waals surface area contributed by atoms with Crippen LogP contribution in [-0.2, 0) is 11.2 Å². The Morgan fingerprint density at radius 3 is 3.00 bits per heavy atom. The molecule has 1 heterocycles. The van der Waals surface area contributed by atoms with E-state index in [4.69, 9.17) is 9.84 Å². The summed E-state index contributed by atoms with van der Waals surface area (Å²) in [4.78, 5) is 14.0. The molecule has 1 aliphatic heterocycles. The van der Waals surface area contributed by atoms with Gasteiger partial charge in [-0.3, -0.25) is 4.79 Å². The highest BCUT2D eigenvalue weighted by Crippen LogP contribution is 2.18. The Balaban J connectivity index is 1.89. The van der Waals surface area contributed by atoms with Crippen molar-refractivity contribution in [2.24, 2.45) is 0 Å². The molecule has 0 radical (unpaired) electrons. The third-order valence-electron chi connectivity index (χ3n) is 3.40. The molecule has 1 aromatic carbocycles. The number of carbonyl (C=O) groups is 1. The molecule has 0 aliphatic carbocycles. The first kappa shape index (κ1) is 14.8. The summed E-state index contributed by atoms with van der Waals surface area (Å²) in [6.45, 7) is 3.46. The maximum absolute atomic E-state index is 12.1. The standard InChI is InChI=1S/C15H22N2O3/c18-11-6-13-4-1-2-5-14(13)20-12-15(19)17-9-3-7-16-8-10-17/h1-2,4-5,16,18H,3,6-12H2. The number of amides is 1. The minimum absolute atomic E-state index is 0.0208. The molecule has 0 spiro atoms. The Labute approximate surface area is 119 Å². The fourth-order valence-corrected chi connectivity index (χ4v) is 2.30. The minimum Gasteiger partial charge on any atom is -0.483 e. The Morgan fingerprint density at radius 1 is 1.30 bits per heavy atom. The van der Waals surface area contributed by atoms with Gasteiger partial charge in [0.05, 0.1) is 0 Å². The van der Waals surface area contributed by atoms with Crippen LogP contribution in [0.3, 0.4) is 0 Å². The van der Waals surface area contributed by atoms with Gasteiger partial charge < -0.3 is 20.1 Å². The van der Waals surface area contributed by atoms with Gasteiger partial charge in [0.25, 0.3) is 5.91 Å². The van der Waals surface area contributed by atoms with Crippen LogP contribution in [0.5, 0.6) is 5.75 Å². The summed E-state index contributed by atoms with van der Waals surface area (Å²) in [6, 6.07) is 7.52. The SMILES string of the molecule is O=C(COc1ccccc1CCO)N1CCCNCC1. The van der Waals surface area contributed by atoms with Crippen molar-refractivity contribution in [2.75, 3.05) is 39.4 Å². The zero-order valence-electron chi connectivity index (χ0n) is 11.7. The summed E-state index contributed by atoms with van der Waals surface area (Å²) in [5.74, 6) is 0.704. The highest BCUT2D eigenvalue weighted by atomic mass is 16.5. The molecule has 1 aromatic rings. The second-order valence-electron chi connectivity index (χ2n) is 4.85. The van der Waals surface area contributed by atoms with E-state index in [2.05, 4.69) is 5.32 Å². The maximum atomic E-state index is 12.1. The van der Waals surface area contributed by atoms with Crippen LogP contribution in [0.25, 0.3) is 0 Å². The topological polar surface area (TPSA) is 61.8 Å². The number of carbonyl (C=O) groups excluding carboxylic acids is 1. The number of aliphatic hydroxyl groups excluding tert-OH is 1. The van der Waals surface area contributed by atoms with Crippen LogP contribution in [0.4, 0.5) is 0 Å². The lowest BCUT2D eigenvalue weighted by Crippen LogP contribution is -2.37. The third kappa shape index (κ3) is 4.21. The molecule has 0 saturated carbocycles. The number of rotatable bonds is 5. The highest BCUT2D eigenvalue weighted by molar-refractivity contribution is 5.77. The van der Waals surface area contributed by atoms with E-state index in [9.17, 15) is 4.79 Å². The largest absolute Gasteiger partial charge is 0.483 e. The Morgan fingerprint density at radius 2 is 2.15 bits per heavy atom. The molecule has 110 valence electrons. The Hall–Kier alpha value is -1.59. The van der Waals surface area contributed by atoms with Gasteiger partial charge in [0.2, 0.25) is 0 Å². The lowest BCUT2D eigenvalue weighted by molar-refractivity contribution is -0.133. The van der Waals surface area contributed by atoms with E-state index in [1.807, 2.05) is 29.2 Å². The first-order valence-corrected chi connectivity index (χ1v) is 7.11. The number of ether oxygens (including phenoxy) is 1. The highest BCUT2D eigenvalue weighted by Gasteiger charge is 2.16. The van der Waals surface area contributed by atoms with E-state index in [1.54, 1.807) is 0 Å². The number of hydrogen-bond donors (Lipinski definition) is 2. The zero-order valence-corrected chi connectivity index (χ0v) is 11.7. The van der Waals surface area contributed by atoms with Crippen molar-refractivity contribution in [2.45, 2.75) is 12.8 Å². The van der Waals surface area contributed by atoms with E-state index < -0.39 is 0 Å². The van der Waals surface area contributed by atoms with Crippen LogP contribution in [0.1, 0.15) is 12.0 Å². The molecule has 1 saturated heterocycles. The normalized spacial score (nSPS) is 15.8. The molecule has 20 heavy (non-hydrogen) atoms. The van der Waals surface area contributed by atoms with Crippen molar-refractivity contribution in [3.63, 3.8) is 0 Å². The molecule has 1 amide bonds. The average Bonchev–Trinajstić information content (AvgIpc) is 2.75. The van der Waals surface area contributed by atoms with E-state index in [-0.39, 0.29) is 19.1 Å². The number of benzene rings is 1. The van der Waals surface area contributed by atoms with Crippen molar-refractivity contribution < 1.29 is 14.6 Å². The molecular formula is C15H22N2O3.